The molecule has 1 atom stereocenters. The van der Waals surface area contributed by atoms with E-state index in [0.717, 1.165) is 27.6 Å². The molecule has 0 saturated carbocycles. The summed E-state index contributed by atoms with van der Waals surface area (Å²) in [6.07, 6.45) is 3.05. The first-order valence-electron chi connectivity index (χ1n) is 6.71. The molecule has 1 aliphatic rings. The van der Waals surface area contributed by atoms with Gasteiger partial charge in [-0.3, -0.25) is 0 Å². The SMILES string of the molecule is Cc1cc(Br)ccc1C(O)c1ccc2c(c1)CCC2. The number of fused-ring (bicyclic) bond motifs is 1. The van der Waals surface area contributed by atoms with Crippen molar-refractivity contribution < 1.29 is 5.11 Å². The minimum Gasteiger partial charge on any atom is -0.384 e. The first-order chi connectivity index (χ1) is 9.15. The molecule has 1 unspecified atom stereocenters. The summed E-state index contributed by atoms with van der Waals surface area (Å²) in [5, 5.41) is 10.6. The van der Waals surface area contributed by atoms with Crippen LogP contribution in [0.4, 0.5) is 0 Å². The Morgan fingerprint density at radius 2 is 1.84 bits per heavy atom. The van der Waals surface area contributed by atoms with Gasteiger partial charge < -0.3 is 5.11 Å². The molecule has 2 aromatic rings. The highest BCUT2D eigenvalue weighted by Crippen LogP contribution is 2.30. The van der Waals surface area contributed by atoms with Gasteiger partial charge in [0.15, 0.2) is 0 Å². The first kappa shape index (κ1) is 12.9. The van der Waals surface area contributed by atoms with Crippen molar-refractivity contribution in [1.82, 2.24) is 0 Å². The molecule has 0 saturated heterocycles. The Balaban J connectivity index is 1.97. The summed E-state index contributed by atoms with van der Waals surface area (Å²) in [5.74, 6) is 0. The Hall–Kier alpha value is -1.12. The van der Waals surface area contributed by atoms with Crippen LogP contribution in [-0.2, 0) is 12.8 Å². The van der Waals surface area contributed by atoms with Gasteiger partial charge in [-0.1, -0.05) is 40.2 Å². The van der Waals surface area contributed by atoms with E-state index in [1.54, 1.807) is 0 Å². The molecule has 0 radical (unpaired) electrons. The fraction of sp³-hybridized carbons (Fsp3) is 0.294. The van der Waals surface area contributed by atoms with Crippen LogP contribution in [-0.4, -0.2) is 5.11 Å². The average Bonchev–Trinajstić information content (AvgIpc) is 2.85. The van der Waals surface area contributed by atoms with Crippen LogP contribution in [0.15, 0.2) is 40.9 Å². The molecule has 0 amide bonds. The standard InChI is InChI=1S/C17H17BrO/c1-11-9-15(18)7-8-16(11)17(19)14-6-5-12-3-2-4-13(12)10-14/h5-10,17,19H,2-4H2,1H3. The van der Waals surface area contributed by atoms with E-state index < -0.39 is 6.10 Å². The normalized spacial score (nSPS) is 15.3. The van der Waals surface area contributed by atoms with Crippen molar-refractivity contribution in [3.05, 3.63) is 68.7 Å². The van der Waals surface area contributed by atoms with Crippen molar-refractivity contribution in [3.8, 4) is 0 Å². The maximum Gasteiger partial charge on any atom is 0.104 e. The minimum atomic E-state index is -0.529. The van der Waals surface area contributed by atoms with Crippen molar-refractivity contribution in [2.24, 2.45) is 0 Å². The molecule has 1 nitrogen and oxygen atoms in total. The number of aliphatic hydroxyl groups excluding tert-OH is 1. The number of halogens is 1. The summed E-state index contributed by atoms with van der Waals surface area (Å²) in [7, 11) is 0. The molecule has 0 aliphatic heterocycles. The van der Waals surface area contributed by atoms with E-state index in [-0.39, 0.29) is 0 Å². The number of hydrogen-bond donors (Lipinski definition) is 1. The zero-order valence-corrected chi connectivity index (χ0v) is 12.6. The van der Waals surface area contributed by atoms with E-state index in [9.17, 15) is 5.11 Å². The van der Waals surface area contributed by atoms with E-state index in [2.05, 4.69) is 34.1 Å². The fourth-order valence-corrected chi connectivity index (χ4v) is 3.36. The average molecular weight is 317 g/mol. The summed E-state index contributed by atoms with van der Waals surface area (Å²) >= 11 is 3.46. The monoisotopic (exact) mass is 316 g/mol. The maximum atomic E-state index is 10.6. The third-order valence-corrected chi connectivity index (χ3v) is 4.46. The van der Waals surface area contributed by atoms with Crippen molar-refractivity contribution in [1.29, 1.82) is 0 Å². The molecule has 0 bridgehead atoms. The Morgan fingerprint density at radius 3 is 2.63 bits per heavy atom. The Bertz CT molecular complexity index is 619. The van der Waals surface area contributed by atoms with Gasteiger partial charge in [0.2, 0.25) is 0 Å². The summed E-state index contributed by atoms with van der Waals surface area (Å²) in [6.45, 7) is 2.04. The highest BCUT2D eigenvalue weighted by Gasteiger charge is 2.17. The van der Waals surface area contributed by atoms with Gasteiger partial charge in [0.1, 0.15) is 6.10 Å². The van der Waals surface area contributed by atoms with Crippen LogP contribution in [0.2, 0.25) is 0 Å². The zero-order chi connectivity index (χ0) is 13.4. The molecule has 2 heteroatoms. The van der Waals surface area contributed by atoms with Crippen LogP contribution >= 0.6 is 15.9 Å². The third-order valence-electron chi connectivity index (χ3n) is 3.96. The summed E-state index contributed by atoms with van der Waals surface area (Å²) in [6, 6.07) is 12.4. The van der Waals surface area contributed by atoms with Crippen LogP contribution < -0.4 is 0 Å². The highest BCUT2D eigenvalue weighted by atomic mass is 79.9. The van der Waals surface area contributed by atoms with Crippen molar-refractivity contribution >= 4 is 15.9 Å². The lowest BCUT2D eigenvalue weighted by atomic mass is 9.95. The number of benzene rings is 2. The summed E-state index contributed by atoms with van der Waals surface area (Å²) < 4.78 is 1.05. The number of aliphatic hydroxyl groups is 1. The van der Waals surface area contributed by atoms with E-state index in [1.165, 1.54) is 24.0 Å². The van der Waals surface area contributed by atoms with Gasteiger partial charge in [-0.05, 0) is 66.1 Å². The van der Waals surface area contributed by atoms with Crippen LogP contribution in [0.5, 0.6) is 0 Å². The third kappa shape index (κ3) is 2.47. The molecular weight excluding hydrogens is 300 g/mol. The van der Waals surface area contributed by atoms with Gasteiger partial charge >= 0.3 is 0 Å². The molecule has 1 N–H and O–H groups in total. The molecule has 0 spiro atoms. The predicted molar refractivity (Wildman–Crippen MR) is 81.4 cm³/mol. The van der Waals surface area contributed by atoms with E-state index in [1.807, 2.05) is 25.1 Å². The van der Waals surface area contributed by atoms with Crippen molar-refractivity contribution in [3.63, 3.8) is 0 Å². The van der Waals surface area contributed by atoms with Crippen LogP contribution in [0.1, 0.15) is 40.3 Å². The second-order valence-electron chi connectivity index (χ2n) is 5.29. The van der Waals surface area contributed by atoms with Gasteiger partial charge in [0.25, 0.3) is 0 Å². The molecule has 19 heavy (non-hydrogen) atoms. The number of aryl methyl sites for hydroxylation is 3. The Morgan fingerprint density at radius 1 is 1.05 bits per heavy atom. The van der Waals surface area contributed by atoms with Gasteiger partial charge in [-0.2, -0.15) is 0 Å². The zero-order valence-electron chi connectivity index (χ0n) is 11.0. The second-order valence-corrected chi connectivity index (χ2v) is 6.20. The maximum absolute atomic E-state index is 10.6. The van der Waals surface area contributed by atoms with Crippen LogP contribution in [0.3, 0.4) is 0 Å². The Labute approximate surface area is 122 Å². The van der Waals surface area contributed by atoms with Crippen molar-refractivity contribution in [2.45, 2.75) is 32.3 Å². The van der Waals surface area contributed by atoms with Crippen molar-refractivity contribution in [2.75, 3.05) is 0 Å². The van der Waals surface area contributed by atoms with Gasteiger partial charge in [0, 0.05) is 4.47 Å². The quantitative estimate of drug-likeness (QED) is 0.874. The van der Waals surface area contributed by atoms with Crippen LogP contribution in [0.25, 0.3) is 0 Å². The fourth-order valence-electron chi connectivity index (χ4n) is 2.89. The van der Waals surface area contributed by atoms with Gasteiger partial charge in [-0.25, -0.2) is 0 Å². The molecule has 0 fully saturated rings. The largest absolute Gasteiger partial charge is 0.384 e. The molecule has 98 valence electrons. The molecule has 0 heterocycles. The number of rotatable bonds is 2. The predicted octanol–water partition coefficient (Wildman–Crippen LogP) is 4.33. The molecular formula is C17H17BrO. The summed E-state index contributed by atoms with van der Waals surface area (Å²) in [5.41, 5.74) is 5.96. The van der Waals surface area contributed by atoms with Gasteiger partial charge in [-0.15, -0.1) is 0 Å². The van der Waals surface area contributed by atoms with E-state index in [0.29, 0.717) is 0 Å². The van der Waals surface area contributed by atoms with Crippen LogP contribution in [0, 0.1) is 6.92 Å². The lowest BCUT2D eigenvalue weighted by Gasteiger charge is -2.15. The number of hydrogen-bond acceptors (Lipinski definition) is 1. The van der Waals surface area contributed by atoms with E-state index in [4.69, 9.17) is 0 Å². The molecule has 0 aromatic heterocycles. The Kier molecular flexibility index (Phi) is 3.46. The lowest BCUT2D eigenvalue weighted by Crippen LogP contribution is -2.03. The topological polar surface area (TPSA) is 20.2 Å². The highest BCUT2D eigenvalue weighted by molar-refractivity contribution is 9.10. The first-order valence-corrected chi connectivity index (χ1v) is 7.50. The molecule has 2 aromatic carbocycles. The second kappa shape index (κ2) is 5.10. The molecule has 1 aliphatic carbocycles. The van der Waals surface area contributed by atoms with Gasteiger partial charge in [0.05, 0.1) is 0 Å². The minimum absolute atomic E-state index is 0.529. The van der Waals surface area contributed by atoms with E-state index >= 15 is 0 Å². The lowest BCUT2D eigenvalue weighted by molar-refractivity contribution is 0.219. The summed E-state index contributed by atoms with van der Waals surface area (Å²) in [4.78, 5) is 0. The smallest absolute Gasteiger partial charge is 0.104 e. The molecule has 3 rings (SSSR count).